The summed E-state index contributed by atoms with van der Waals surface area (Å²) < 4.78 is 0. The molecule has 86 valence electrons. The van der Waals surface area contributed by atoms with Gasteiger partial charge in [0, 0.05) is 24.7 Å². The third-order valence-electron chi connectivity index (χ3n) is 3.65. The third-order valence-corrected chi connectivity index (χ3v) is 3.65. The standard InChI is InChI=1S/C11H20N2O2/c1-8(6-11(14)15)13-5-4-9-2-3-10(7-13)12-9/h8-10,12H,2-7H2,1H3,(H,14,15). The SMILES string of the molecule is CC(CC(=O)O)N1CCC2CCC(C1)N2. The van der Waals surface area contributed by atoms with Gasteiger partial charge >= 0.3 is 5.97 Å². The molecule has 0 radical (unpaired) electrons. The largest absolute Gasteiger partial charge is 0.481 e. The number of nitrogens with zero attached hydrogens (tertiary/aromatic N) is 1. The van der Waals surface area contributed by atoms with Gasteiger partial charge in [-0.1, -0.05) is 0 Å². The molecule has 2 bridgehead atoms. The van der Waals surface area contributed by atoms with Crippen LogP contribution >= 0.6 is 0 Å². The molecule has 15 heavy (non-hydrogen) atoms. The molecule has 2 heterocycles. The molecule has 3 unspecified atom stereocenters. The van der Waals surface area contributed by atoms with E-state index in [0.29, 0.717) is 12.1 Å². The first kappa shape index (κ1) is 10.9. The van der Waals surface area contributed by atoms with Gasteiger partial charge in [0.05, 0.1) is 6.42 Å². The van der Waals surface area contributed by atoms with Gasteiger partial charge in [-0.15, -0.1) is 0 Å². The van der Waals surface area contributed by atoms with Gasteiger partial charge in [-0.3, -0.25) is 9.69 Å². The third kappa shape index (κ3) is 2.69. The molecule has 0 aromatic rings. The summed E-state index contributed by atoms with van der Waals surface area (Å²) in [6.07, 6.45) is 3.98. The van der Waals surface area contributed by atoms with Crippen LogP contribution in [0.4, 0.5) is 0 Å². The van der Waals surface area contributed by atoms with Crippen LogP contribution in [0.3, 0.4) is 0 Å². The van der Waals surface area contributed by atoms with E-state index in [9.17, 15) is 4.79 Å². The molecule has 2 aliphatic rings. The van der Waals surface area contributed by atoms with E-state index in [1.54, 1.807) is 0 Å². The molecule has 0 spiro atoms. The summed E-state index contributed by atoms with van der Waals surface area (Å²) in [6.45, 7) is 4.08. The van der Waals surface area contributed by atoms with Gasteiger partial charge < -0.3 is 10.4 Å². The molecule has 0 aliphatic carbocycles. The predicted octanol–water partition coefficient (Wildman–Crippen LogP) is 0.676. The van der Waals surface area contributed by atoms with Gasteiger partial charge in [-0.2, -0.15) is 0 Å². The zero-order valence-electron chi connectivity index (χ0n) is 9.28. The molecular weight excluding hydrogens is 192 g/mol. The number of carbonyl (C=O) groups is 1. The van der Waals surface area contributed by atoms with Crippen LogP contribution in [-0.4, -0.2) is 47.2 Å². The Balaban J connectivity index is 1.89. The molecule has 2 fully saturated rings. The highest BCUT2D eigenvalue weighted by Gasteiger charge is 2.31. The van der Waals surface area contributed by atoms with E-state index in [4.69, 9.17) is 5.11 Å². The molecule has 0 aromatic carbocycles. The fourth-order valence-corrected chi connectivity index (χ4v) is 2.75. The average molecular weight is 212 g/mol. The number of fused-ring (bicyclic) bond motifs is 2. The first-order chi connectivity index (χ1) is 7.15. The lowest BCUT2D eigenvalue weighted by Gasteiger charge is -2.29. The van der Waals surface area contributed by atoms with E-state index in [0.717, 1.165) is 13.1 Å². The summed E-state index contributed by atoms with van der Waals surface area (Å²) in [4.78, 5) is 13.0. The molecule has 0 saturated carbocycles. The van der Waals surface area contributed by atoms with E-state index in [2.05, 4.69) is 10.2 Å². The van der Waals surface area contributed by atoms with Crippen LogP contribution < -0.4 is 5.32 Å². The number of likely N-dealkylation sites (tertiary alicyclic amines) is 1. The number of hydrogen-bond acceptors (Lipinski definition) is 3. The lowest BCUT2D eigenvalue weighted by Crippen LogP contribution is -2.41. The van der Waals surface area contributed by atoms with Crippen molar-refractivity contribution in [2.75, 3.05) is 13.1 Å². The zero-order chi connectivity index (χ0) is 10.8. The first-order valence-electron chi connectivity index (χ1n) is 5.87. The van der Waals surface area contributed by atoms with E-state index < -0.39 is 5.97 Å². The molecule has 4 heteroatoms. The molecule has 4 nitrogen and oxygen atoms in total. The molecule has 2 rings (SSSR count). The molecule has 2 aliphatic heterocycles. The van der Waals surface area contributed by atoms with Gasteiger partial charge in [-0.25, -0.2) is 0 Å². The monoisotopic (exact) mass is 212 g/mol. The van der Waals surface area contributed by atoms with Crippen molar-refractivity contribution < 1.29 is 9.90 Å². The zero-order valence-corrected chi connectivity index (χ0v) is 9.28. The quantitative estimate of drug-likeness (QED) is 0.722. The van der Waals surface area contributed by atoms with Crippen LogP contribution in [0.5, 0.6) is 0 Å². The fourth-order valence-electron chi connectivity index (χ4n) is 2.75. The Hall–Kier alpha value is -0.610. The van der Waals surface area contributed by atoms with E-state index in [-0.39, 0.29) is 12.5 Å². The Morgan fingerprint density at radius 3 is 2.93 bits per heavy atom. The van der Waals surface area contributed by atoms with E-state index >= 15 is 0 Å². The highest BCUT2D eigenvalue weighted by Crippen LogP contribution is 2.22. The van der Waals surface area contributed by atoms with Gasteiger partial charge in [0.2, 0.25) is 0 Å². The van der Waals surface area contributed by atoms with Crippen molar-refractivity contribution in [1.82, 2.24) is 10.2 Å². The Bertz CT molecular complexity index is 245. The minimum absolute atomic E-state index is 0.170. The smallest absolute Gasteiger partial charge is 0.304 e. The summed E-state index contributed by atoms with van der Waals surface area (Å²) in [5.74, 6) is -0.690. The molecule has 3 atom stereocenters. The summed E-state index contributed by atoms with van der Waals surface area (Å²) >= 11 is 0. The first-order valence-corrected chi connectivity index (χ1v) is 5.87. The van der Waals surface area contributed by atoms with Crippen LogP contribution in [0.2, 0.25) is 0 Å². The van der Waals surface area contributed by atoms with Crippen molar-refractivity contribution in [1.29, 1.82) is 0 Å². The Morgan fingerprint density at radius 1 is 1.47 bits per heavy atom. The maximum absolute atomic E-state index is 10.7. The van der Waals surface area contributed by atoms with Gasteiger partial charge in [0.1, 0.15) is 0 Å². The van der Waals surface area contributed by atoms with Crippen molar-refractivity contribution >= 4 is 5.97 Å². The molecule has 2 saturated heterocycles. The second-order valence-corrected chi connectivity index (χ2v) is 4.87. The van der Waals surface area contributed by atoms with Crippen LogP contribution in [0, 0.1) is 0 Å². The number of hydrogen-bond donors (Lipinski definition) is 2. The second kappa shape index (κ2) is 4.49. The normalized spacial score (nSPS) is 33.7. The maximum atomic E-state index is 10.7. The number of carboxylic acid groups (broad SMARTS) is 1. The van der Waals surface area contributed by atoms with Crippen molar-refractivity contribution in [3.63, 3.8) is 0 Å². The van der Waals surface area contributed by atoms with Crippen LogP contribution in [0.15, 0.2) is 0 Å². The van der Waals surface area contributed by atoms with Crippen molar-refractivity contribution in [2.24, 2.45) is 0 Å². The summed E-state index contributed by atoms with van der Waals surface area (Å²) in [5, 5.41) is 12.4. The molecule has 2 N–H and O–H groups in total. The predicted molar refractivity (Wildman–Crippen MR) is 57.9 cm³/mol. The second-order valence-electron chi connectivity index (χ2n) is 4.87. The number of aliphatic carboxylic acids is 1. The van der Waals surface area contributed by atoms with Crippen molar-refractivity contribution in [3.8, 4) is 0 Å². The van der Waals surface area contributed by atoms with Gasteiger partial charge in [-0.05, 0) is 32.7 Å². The molecule has 0 aromatic heterocycles. The van der Waals surface area contributed by atoms with Gasteiger partial charge in [0.15, 0.2) is 0 Å². The van der Waals surface area contributed by atoms with Crippen molar-refractivity contribution in [2.45, 2.75) is 50.7 Å². The Morgan fingerprint density at radius 2 is 2.20 bits per heavy atom. The maximum Gasteiger partial charge on any atom is 0.304 e. The fraction of sp³-hybridized carbons (Fsp3) is 0.909. The lowest BCUT2D eigenvalue weighted by molar-refractivity contribution is -0.138. The van der Waals surface area contributed by atoms with Gasteiger partial charge in [0.25, 0.3) is 0 Å². The van der Waals surface area contributed by atoms with Crippen LogP contribution in [-0.2, 0) is 4.79 Å². The Kier molecular flexibility index (Phi) is 3.26. The van der Waals surface area contributed by atoms with Crippen molar-refractivity contribution in [3.05, 3.63) is 0 Å². The highest BCUT2D eigenvalue weighted by molar-refractivity contribution is 5.67. The number of carboxylic acids is 1. The number of nitrogens with one attached hydrogen (secondary N) is 1. The Labute approximate surface area is 90.6 Å². The van der Waals surface area contributed by atoms with Crippen LogP contribution in [0.1, 0.15) is 32.6 Å². The number of rotatable bonds is 3. The average Bonchev–Trinajstić information content (AvgIpc) is 2.44. The van der Waals surface area contributed by atoms with E-state index in [1.807, 2.05) is 6.92 Å². The summed E-state index contributed by atoms with van der Waals surface area (Å²) in [5.41, 5.74) is 0. The summed E-state index contributed by atoms with van der Waals surface area (Å²) in [6, 6.07) is 1.44. The highest BCUT2D eigenvalue weighted by atomic mass is 16.4. The van der Waals surface area contributed by atoms with Crippen LogP contribution in [0.25, 0.3) is 0 Å². The minimum Gasteiger partial charge on any atom is -0.481 e. The minimum atomic E-state index is -0.690. The topological polar surface area (TPSA) is 52.6 Å². The van der Waals surface area contributed by atoms with E-state index in [1.165, 1.54) is 19.3 Å². The summed E-state index contributed by atoms with van der Waals surface area (Å²) in [7, 11) is 0. The molecular formula is C11H20N2O2. The molecule has 0 amide bonds. The lowest BCUT2D eigenvalue weighted by atomic mass is 10.1.